The molecular formula is C6H16NO2+. The van der Waals surface area contributed by atoms with E-state index >= 15 is 0 Å². The Morgan fingerprint density at radius 1 is 1.44 bits per heavy atom. The molecule has 1 heterocycles. The van der Waals surface area contributed by atoms with E-state index in [1.165, 1.54) is 0 Å². The quantitative estimate of drug-likeness (QED) is 0.362. The van der Waals surface area contributed by atoms with Gasteiger partial charge in [-0.2, -0.15) is 0 Å². The van der Waals surface area contributed by atoms with Crippen molar-refractivity contribution in [3.05, 3.63) is 0 Å². The molecule has 1 saturated heterocycles. The van der Waals surface area contributed by atoms with E-state index in [0.717, 1.165) is 17.6 Å². The summed E-state index contributed by atoms with van der Waals surface area (Å²) in [6.07, 6.45) is 0.565. The number of nitrogens with zero attached hydrogens (tertiary/aromatic N) is 1. The first-order chi connectivity index (χ1) is 3.58. The number of hydrogen-bond acceptors (Lipinski definition) is 1. The van der Waals surface area contributed by atoms with E-state index in [0.29, 0.717) is 6.10 Å². The molecule has 0 aromatic carbocycles. The van der Waals surface area contributed by atoms with Gasteiger partial charge in [-0.05, 0) is 0 Å². The van der Waals surface area contributed by atoms with Crippen LogP contribution in [0.1, 0.15) is 0 Å². The zero-order chi connectivity index (χ0) is 6.20. The summed E-state index contributed by atoms with van der Waals surface area (Å²) in [5, 5.41) is 0. The van der Waals surface area contributed by atoms with Gasteiger partial charge >= 0.3 is 0 Å². The molecule has 1 rings (SSSR count). The lowest BCUT2D eigenvalue weighted by Crippen LogP contribution is -2.37. The van der Waals surface area contributed by atoms with Crippen molar-refractivity contribution in [1.29, 1.82) is 0 Å². The molecule has 0 saturated carbocycles. The maximum absolute atomic E-state index is 5.07. The van der Waals surface area contributed by atoms with Crippen LogP contribution >= 0.6 is 0 Å². The standard InChI is InChI=1S/C6H14NO.H2O/c1-7(2,3)4-6-5-8-6;/h6H,4-5H2,1-3H3;1H2/q+1;. The van der Waals surface area contributed by atoms with E-state index in [1.807, 2.05) is 0 Å². The third-order valence-electron chi connectivity index (χ3n) is 1.15. The smallest absolute Gasteiger partial charge is 0.130 e. The molecule has 1 aliphatic rings. The molecule has 0 amide bonds. The number of likely N-dealkylation sites (N-methyl/N-ethyl adjacent to an activating group) is 1. The third kappa shape index (κ3) is 4.39. The molecule has 0 radical (unpaired) electrons. The van der Waals surface area contributed by atoms with Gasteiger partial charge < -0.3 is 14.7 Å². The molecule has 9 heavy (non-hydrogen) atoms. The van der Waals surface area contributed by atoms with Gasteiger partial charge in [0.1, 0.15) is 12.6 Å². The second-order valence-electron chi connectivity index (χ2n) is 3.43. The monoisotopic (exact) mass is 134 g/mol. The minimum Gasteiger partial charge on any atom is -0.412 e. The van der Waals surface area contributed by atoms with Crippen LogP contribution in [-0.4, -0.2) is 50.4 Å². The second-order valence-corrected chi connectivity index (χ2v) is 3.43. The van der Waals surface area contributed by atoms with Gasteiger partial charge in [-0.1, -0.05) is 0 Å². The molecule has 0 aliphatic carbocycles. The van der Waals surface area contributed by atoms with Gasteiger partial charge in [-0.3, -0.25) is 0 Å². The highest BCUT2D eigenvalue weighted by Gasteiger charge is 2.28. The van der Waals surface area contributed by atoms with Crippen LogP contribution in [0.25, 0.3) is 0 Å². The summed E-state index contributed by atoms with van der Waals surface area (Å²) in [6.45, 7) is 2.13. The molecule has 3 heteroatoms. The summed E-state index contributed by atoms with van der Waals surface area (Å²) in [6, 6.07) is 0. The molecule has 2 N–H and O–H groups in total. The molecule has 0 spiro atoms. The maximum atomic E-state index is 5.07. The highest BCUT2D eigenvalue weighted by molar-refractivity contribution is 4.66. The van der Waals surface area contributed by atoms with Crippen LogP contribution in [0, 0.1) is 0 Å². The average Bonchev–Trinajstić information content (AvgIpc) is 2.12. The fraction of sp³-hybridized carbons (Fsp3) is 1.00. The Morgan fingerprint density at radius 2 is 1.89 bits per heavy atom. The predicted octanol–water partition coefficient (Wildman–Crippen LogP) is -0.733. The van der Waals surface area contributed by atoms with E-state index in [1.54, 1.807) is 0 Å². The molecule has 1 unspecified atom stereocenters. The van der Waals surface area contributed by atoms with Gasteiger partial charge in [0.2, 0.25) is 0 Å². The van der Waals surface area contributed by atoms with Crippen molar-refractivity contribution in [2.24, 2.45) is 0 Å². The Morgan fingerprint density at radius 3 is 2.00 bits per heavy atom. The minimum absolute atomic E-state index is 0. The highest BCUT2D eigenvalue weighted by atomic mass is 16.6. The van der Waals surface area contributed by atoms with Crippen molar-refractivity contribution >= 4 is 0 Å². The number of quaternary nitrogens is 1. The van der Waals surface area contributed by atoms with E-state index in [9.17, 15) is 0 Å². The van der Waals surface area contributed by atoms with E-state index < -0.39 is 0 Å². The fourth-order valence-corrected chi connectivity index (χ4v) is 0.784. The largest absolute Gasteiger partial charge is 0.412 e. The van der Waals surface area contributed by atoms with Crippen molar-refractivity contribution in [1.82, 2.24) is 0 Å². The summed E-state index contributed by atoms with van der Waals surface area (Å²) in [5.41, 5.74) is 0. The van der Waals surface area contributed by atoms with Crippen LogP contribution in [0.3, 0.4) is 0 Å². The molecule has 0 aromatic heterocycles. The highest BCUT2D eigenvalue weighted by Crippen LogP contribution is 2.11. The minimum atomic E-state index is 0. The first-order valence-electron chi connectivity index (χ1n) is 3.00. The summed E-state index contributed by atoms with van der Waals surface area (Å²) >= 11 is 0. The van der Waals surface area contributed by atoms with E-state index in [-0.39, 0.29) is 5.48 Å². The van der Waals surface area contributed by atoms with Gasteiger partial charge in [-0.15, -0.1) is 0 Å². The third-order valence-corrected chi connectivity index (χ3v) is 1.15. The molecule has 0 bridgehead atoms. The topological polar surface area (TPSA) is 44.0 Å². The molecule has 3 nitrogen and oxygen atoms in total. The Hall–Kier alpha value is -0.120. The SMILES string of the molecule is C[N+](C)(C)CC1CO1.O. The van der Waals surface area contributed by atoms with Crippen LogP contribution in [0.15, 0.2) is 0 Å². The van der Waals surface area contributed by atoms with Gasteiger partial charge in [0.25, 0.3) is 0 Å². The number of hydrogen-bond donors (Lipinski definition) is 0. The van der Waals surface area contributed by atoms with Crippen LogP contribution < -0.4 is 0 Å². The fourth-order valence-electron chi connectivity index (χ4n) is 0.784. The molecule has 0 aromatic rings. The van der Waals surface area contributed by atoms with Crippen LogP contribution in [-0.2, 0) is 4.74 Å². The predicted molar refractivity (Wildman–Crippen MR) is 36.3 cm³/mol. The first-order valence-corrected chi connectivity index (χ1v) is 3.00. The normalized spacial score (nSPS) is 25.0. The van der Waals surface area contributed by atoms with Gasteiger partial charge in [0.15, 0.2) is 0 Å². The average molecular weight is 134 g/mol. The Bertz CT molecular complexity index is 83.5. The Kier molecular flexibility index (Phi) is 2.61. The van der Waals surface area contributed by atoms with Gasteiger partial charge in [0.05, 0.1) is 27.7 Å². The summed E-state index contributed by atoms with van der Waals surface area (Å²) in [5.74, 6) is 0. The van der Waals surface area contributed by atoms with Crippen molar-refractivity contribution in [3.63, 3.8) is 0 Å². The lowest BCUT2D eigenvalue weighted by molar-refractivity contribution is -0.870. The van der Waals surface area contributed by atoms with Crippen LogP contribution in [0.2, 0.25) is 0 Å². The molecule has 1 aliphatic heterocycles. The number of ether oxygens (including phenoxy) is 1. The second kappa shape index (κ2) is 2.64. The van der Waals surface area contributed by atoms with E-state index in [2.05, 4.69) is 21.1 Å². The molecule has 1 fully saturated rings. The van der Waals surface area contributed by atoms with Crippen LogP contribution in [0.4, 0.5) is 0 Å². The molecule has 1 atom stereocenters. The Labute approximate surface area is 56.1 Å². The summed E-state index contributed by atoms with van der Waals surface area (Å²) < 4.78 is 6.09. The lowest BCUT2D eigenvalue weighted by Gasteiger charge is -2.22. The lowest BCUT2D eigenvalue weighted by atomic mass is 10.4. The molecular weight excluding hydrogens is 118 g/mol. The zero-order valence-corrected chi connectivity index (χ0v) is 6.35. The number of epoxide rings is 1. The number of rotatable bonds is 2. The van der Waals surface area contributed by atoms with E-state index in [4.69, 9.17) is 4.74 Å². The van der Waals surface area contributed by atoms with Crippen molar-refractivity contribution < 1.29 is 14.7 Å². The van der Waals surface area contributed by atoms with Gasteiger partial charge in [-0.25, -0.2) is 0 Å². The van der Waals surface area contributed by atoms with Crippen molar-refractivity contribution in [2.45, 2.75) is 6.10 Å². The Balaban J connectivity index is 0.000000640. The zero-order valence-electron chi connectivity index (χ0n) is 6.35. The summed E-state index contributed by atoms with van der Waals surface area (Å²) in [7, 11) is 6.55. The van der Waals surface area contributed by atoms with Crippen molar-refractivity contribution in [2.75, 3.05) is 34.3 Å². The maximum Gasteiger partial charge on any atom is 0.130 e. The molecule has 56 valence electrons. The van der Waals surface area contributed by atoms with Crippen LogP contribution in [0.5, 0.6) is 0 Å². The van der Waals surface area contributed by atoms with Crippen molar-refractivity contribution in [3.8, 4) is 0 Å². The summed E-state index contributed by atoms with van der Waals surface area (Å²) in [4.78, 5) is 0. The van der Waals surface area contributed by atoms with Gasteiger partial charge in [0, 0.05) is 0 Å². The first kappa shape index (κ1) is 8.88.